The van der Waals surface area contributed by atoms with Gasteiger partial charge in [-0.1, -0.05) is 12.1 Å². The van der Waals surface area contributed by atoms with Gasteiger partial charge >= 0.3 is 5.97 Å². The third-order valence-corrected chi connectivity index (χ3v) is 3.19. The molecule has 2 aromatic rings. The van der Waals surface area contributed by atoms with E-state index in [2.05, 4.69) is 5.32 Å². The summed E-state index contributed by atoms with van der Waals surface area (Å²) < 4.78 is 28.9. The summed E-state index contributed by atoms with van der Waals surface area (Å²) in [7, 11) is 1.39. The number of rotatable bonds is 7. The zero-order chi connectivity index (χ0) is 18.2. The number of para-hydroxylation sites is 2. The second kappa shape index (κ2) is 8.68. The lowest BCUT2D eigenvalue weighted by Crippen LogP contribution is -2.21. The fourth-order valence-electron chi connectivity index (χ4n) is 2.03. The molecule has 7 heteroatoms. The zero-order valence-corrected chi connectivity index (χ0v) is 13.9. The van der Waals surface area contributed by atoms with Gasteiger partial charge in [-0.05, 0) is 31.2 Å². The first kappa shape index (κ1) is 18.3. The first-order valence-electron chi connectivity index (χ1n) is 7.57. The summed E-state index contributed by atoms with van der Waals surface area (Å²) in [6.07, 6.45) is 0. The molecule has 6 nitrogen and oxygen atoms in total. The summed E-state index contributed by atoms with van der Waals surface area (Å²) in [6, 6.07) is 10.6. The van der Waals surface area contributed by atoms with Crippen LogP contribution in [0.25, 0.3) is 0 Å². The predicted octanol–water partition coefficient (Wildman–Crippen LogP) is 3.03. The molecule has 0 heterocycles. The van der Waals surface area contributed by atoms with E-state index in [0.717, 1.165) is 6.07 Å². The molecule has 1 amide bonds. The van der Waals surface area contributed by atoms with Gasteiger partial charge in [0, 0.05) is 6.07 Å². The smallest absolute Gasteiger partial charge is 0.341 e. The number of hydrogen-bond acceptors (Lipinski definition) is 5. The highest BCUT2D eigenvalue weighted by molar-refractivity contribution is 5.96. The van der Waals surface area contributed by atoms with Crippen LogP contribution in [0.1, 0.15) is 17.3 Å². The van der Waals surface area contributed by atoms with Crippen LogP contribution in [0.4, 0.5) is 10.1 Å². The number of carbonyl (C=O) groups excluding carboxylic acids is 2. The number of benzene rings is 2. The van der Waals surface area contributed by atoms with Crippen molar-refractivity contribution in [3.8, 4) is 11.5 Å². The summed E-state index contributed by atoms with van der Waals surface area (Å²) in [4.78, 5) is 23.8. The molecular weight excluding hydrogens is 329 g/mol. The van der Waals surface area contributed by atoms with Gasteiger partial charge in [0.15, 0.2) is 6.61 Å². The maximum Gasteiger partial charge on any atom is 0.341 e. The largest absolute Gasteiger partial charge is 0.497 e. The first-order valence-corrected chi connectivity index (χ1v) is 7.57. The minimum atomic E-state index is -0.937. The van der Waals surface area contributed by atoms with Gasteiger partial charge < -0.3 is 19.5 Å². The van der Waals surface area contributed by atoms with Crippen LogP contribution in [-0.2, 0) is 9.53 Å². The normalized spacial score (nSPS) is 10.0. The van der Waals surface area contributed by atoms with Crippen LogP contribution in [-0.4, -0.2) is 32.2 Å². The molecule has 0 atom stereocenters. The SMILES string of the molecule is CCOc1ccccc1NC(=O)COC(=O)c1ccc(OC)cc1F. The molecule has 0 unspecified atom stereocenters. The average Bonchev–Trinajstić information content (AvgIpc) is 2.61. The molecule has 0 spiro atoms. The van der Waals surface area contributed by atoms with Gasteiger partial charge in [0.1, 0.15) is 17.3 Å². The maximum atomic E-state index is 13.8. The van der Waals surface area contributed by atoms with Gasteiger partial charge in [-0.25, -0.2) is 9.18 Å². The van der Waals surface area contributed by atoms with Crippen LogP contribution >= 0.6 is 0 Å². The highest BCUT2D eigenvalue weighted by Crippen LogP contribution is 2.23. The molecule has 2 aromatic carbocycles. The van der Waals surface area contributed by atoms with E-state index >= 15 is 0 Å². The molecule has 0 radical (unpaired) electrons. The van der Waals surface area contributed by atoms with Gasteiger partial charge in [-0.3, -0.25) is 4.79 Å². The Morgan fingerprint density at radius 2 is 1.92 bits per heavy atom. The van der Waals surface area contributed by atoms with Crippen molar-refractivity contribution in [2.45, 2.75) is 6.92 Å². The summed E-state index contributed by atoms with van der Waals surface area (Å²) in [5.74, 6) is -1.50. The number of methoxy groups -OCH3 is 1. The van der Waals surface area contributed by atoms with Crippen LogP contribution in [0.3, 0.4) is 0 Å². The van der Waals surface area contributed by atoms with E-state index < -0.39 is 24.3 Å². The summed E-state index contributed by atoms with van der Waals surface area (Å²) in [6.45, 7) is 1.72. The van der Waals surface area contributed by atoms with Gasteiger partial charge in [0.25, 0.3) is 5.91 Å². The van der Waals surface area contributed by atoms with Crippen molar-refractivity contribution in [3.63, 3.8) is 0 Å². The third-order valence-electron chi connectivity index (χ3n) is 3.19. The molecule has 1 N–H and O–H groups in total. The van der Waals surface area contributed by atoms with Gasteiger partial charge in [0.05, 0.1) is 25.0 Å². The van der Waals surface area contributed by atoms with Crippen LogP contribution in [0.2, 0.25) is 0 Å². The first-order chi connectivity index (χ1) is 12.0. The second-order valence-electron chi connectivity index (χ2n) is 4.90. The van der Waals surface area contributed by atoms with E-state index in [-0.39, 0.29) is 11.3 Å². The Bertz CT molecular complexity index is 763. The predicted molar refractivity (Wildman–Crippen MR) is 89.5 cm³/mol. The van der Waals surface area contributed by atoms with E-state index in [9.17, 15) is 14.0 Å². The molecule has 0 aliphatic heterocycles. The molecule has 0 fully saturated rings. The number of anilines is 1. The molecule has 0 saturated carbocycles. The van der Waals surface area contributed by atoms with E-state index in [1.165, 1.54) is 19.2 Å². The molecular formula is C18H18FNO5. The number of carbonyl (C=O) groups is 2. The molecule has 0 aromatic heterocycles. The number of esters is 1. The number of amides is 1. The maximum absolute atomic E-state index is 13.8. The molecule has 0 bridgehead atoms. The van der Waals surface area contributed by atoms with Crippen molar-refractivity contribution >= 4 is 17.6 Å². The Labute approximate surface area is 144 Å². The number of ether oxygens (including phenoxy) is 3. The van der Waals surface area contributed by atoms with Crippen molar-refractivity contribution in [1.29, 1.82) is 0 Å². The minimum Gasteiger partial charge on any atom is -0.497 e. The highest BCUT2D eigenvalue weighted by Gasteiger charge is 2.16. The summed E-state index contributed by atoms with van der Waals surface area (Å²) in [5, 5.41) is 2.58. The topological polar surface area (TPSA) is 73.9 Å². The molecule has 0 aliphatic rings. The molecule has 0 saturated heterocycles. The Morgan fingerprint density at radius 3 is 2.60 bits per heavy atom. The monoisotopic (exact) mass is 347 g/mol. The highest BCUT2D eigenvalue weighted by atomic mass is 19.1. The van der Waals surface area contributed by atoms with Crippen molar-refractivity contribution in [1.82, 2.24) is 0 Å². The summed E-state index contributed by atoms with van der Waals surface area (Å²) >= 11 is 0. The molecule has 25 heavy (non-hydrogen) atoms. The van der Waals surface area contributed by atoms with Crippen molar-refractivity contribution < 1.29 is 28.2 Å². The van der Waals surface area contributed by atoms with E-state index in [1.54, 1.807) is 24.3 Å². The van der Waals surface area contributed by atoms with Gasteiger partial charge in [0.2, 0.25) is 0 Å². The Balaban J connectivity index is 1.95. The minimum absolute atomic E-state index is 0.275. The Morgan fingerprint density at radius 1 is 1.16 bits per heavy atom. The lowest BCUT2D eigenvalue weighted by Gasteiger charge is -2.11. The van der Waals surface area contributed by atoms with Crippen LogP contribution in [0, 0.1) is 5.82 Å². The lowest BCUT2D eigenvalue weighted by atomic mass is 10.2. The third kappa shape index (κ3) is 4.94. The Hall–Kier alpha value is -3.09. The lowest BCUT2D eigenvalue weighted by molar-refractivity contribution is -0.119. The van der Waals surface area contributed by atoms with Crippen molar-refractivity contribution in [2.75, 3.05) is 25.6 Å². The van der Waals surface area contributed by atoms with Gasteiger partial charge in [-0.2, -0.15) is 0 Å². The number of halogens is 1. The van der Waals surface area contributed by atoms with Crippen molar-refractivity contribution in [3.05, 3.63) is 53.8 Å². The van der Waals surface area contributed by atoms with Crippen LogP contribution < -0.4 is 14.8 Å². The fraction of sp³-hybridized carbons (Fsp3) is 0.222. The van der Waals surface area contributed by atoms with Crippen molar-refractivity contribution in [2.24, 2.45) is 0 Å². The standard InChI is InChI=1S/C18H18FNO5/c1-3-24-16-7-5-4-6-15(16)20-17(21)11-25-18(22)13-9-8-12(23-2)10-14(13)19/h4-10H,3,11H2,1-2H3,(H,20,21). The summed E-state index contributed by atoms with van der Waals surface area (Å²) in [5.41, 5.74) is 0.185. The van der Waals surface area contributed by atoms with E-state index in [1.807, 2.05) is 6.92 Å². The average molecular weight is 347 g/mol. The van der Waals surface area contributed by atoms with Gasteiger partial charge in [-0.15, -0.1) is 0 Å². The fourth-order valence-corrected chi connectivity index (χ4v) is 2.03. The Kier molecular flexibility index (Phi) is 6.33. The number of hydrogen-bond donors (Lipinski definition) is 1. The molecule has 132 valence electrons. The number of nitrogens with one attached hydrogen (secondary N) is 1. The zero-order valence-electron chi connectivity index (χ0n) is 13.9. The quantitative estimate of drug-likeness (QED) is 0.780. The van der Waals surface area contributed by atoms with Crippen LogP contribution in [0.15, 0.2) is 42.5 Å². The van der Waals surface area contributed by atoms with E-state index in [4.69, 9.17) is 14.2 Å². The second-order valence-corrected chi connectivity index (χ2v) is 4.90. The van der Waals surface area contributed by atoms with E-state index in [0.29, 0.717) is 18.0 Å². The molecule has 0 aliphatic carbocycles. The van der Waals surface area contributed by atoms with Crippen LogP contribution in [0.5, 0.6) is 11.5 Å². The molecule has 2 rings (SSSR count).